The number of amides is 1. The Morgan fingerprint density at radius 3 is 2.06 bits per heavy atom. The van der Waals surface area contributed by atoms with Gasteiger partial charge in [0.05, 0.1) is 9.39 Å². The van der Waals surface area contributed by atoms with Gasteiger partial charge in [-0.3, -0.25) is 18.7 Å². The van der Waals surface area contributed by atoms with Crippen LogP contribution in [0.5, 0.6) is 0 Å². The van der Waals surface area contributed by atoms with Crippen molar-refractivity contribution in [1.82, 2.24) is 14.1 Å². The Balaban J connectivity index is 1.65. The van der Waals surface area contributed by atoms with Gasteiger partial charge in [0.25, 0.3) is 11.5 Å². The highest BCUT2D eigenvalue weighted by Crippen LogP contribution is 2.50. The molecular weight excluding hydrogens is 793 g/mol. The van der Waals surface area contributed by atoms with E-state index in [9.17, 15) is 22.8 Å². The molecule has 1 aliphatic rings. The first-order chi connectivity index (χ1) is 23.2. The van der Waals surface area contributed by atoms with Crippen molar-refractivity contribution in [2.45, 2.75) is 67.4 Å². The van der Waals surface area contributed by atoms with E-state index in [-0.39, 0.29) is 43.3 Å². The largest absolute Gasteiger partial charge is 0.458 e. The second-order valence-corrected chi connectivity index (χ2v) is 18.1. The van der Waals surface area contributed by atoms with E-state index in [2.05, 4.69) is 58.2 Å². The molecule has 0 radical (unpaired) electrons. The van der Waals surface area contributed by atoms with Gasteiger partial charge in [0.2, 0.25) is 0 Å². The van der Waals surface area contributed by atoms with Gasteiger partial charge in [-0.25, -0.2) is 9.52 Å². The number of esters is 1. The molecule has 50 heavy (non-hydrogen) atoms. The molecule has 2 unspecified atom stereocenters. The van der Waals surface area contributed by atoms with Gasteiger partial charge in [-0.15, -0.1) is 0 Å². The predicted octanol–water partition coefficient (Wildman–Crippen LogP) is 7.50. The van der Waals surface area contributed by atoms with E-state index in [1.807, 2.05) is 27.3 Å². The molecule has 14 heteroatoms. The van der Waals surface area contributed by atoms with Crippen LogP contribution in [0.15, 0.2) is 59.4 Å². The molecule has 11 nitrogen and oxygen atoms in total. The minimum absolute atomic E-state index is 0.0115. The zero-order valence-corrected chi connectivity index (χ0v) is 32.8. The molecule has 1 saturated carbocycles. The number of anilines is 2. The zero-order chi connectivity index (χ0) is 36.9. The Hall–Kier alpha value is -3.56. The number of fused-ring (bicyclic) bond motifs is 1. The summed E-state index contributed by atoms with van der Waals surface area (Å²) in [7, 11) is -4.45. The number of ether oxygens (including phenoxy) is 1. The smallest absolute Gasteiger partial charge is 0.342 e. The quantitative estimate of drug-likeness (QED) is 0.111. The molecule has 0 saturated heterocycles. The standard InChI is InChI=1S/C36H43ClIN5O6S/c1-19-17-23(35(2,3)4)28(24(18-19)36(5,6)7)49-34(46)26-25(20-13-15-21(37)16-14-20)29(38)43-31(26)40-30(39)27(33(43)45)32(44)42-50(47,48)41-22-11-9-8-10-12-22/h8-16,19,23-24,28,40-41H,17-18,39H2,1-7H3,(H,42,44). The topological polar surface area (TPSA) is 165 Å². The Morgan fingerprint density at radius 2 is 1.52 bits per heavy atom. The molecule has 268 valence electrons. The van der Waals surface area contributed by atoms with E-state index >= 15 is 0 Å². The lowest BCUT2D eigenvalue weighted by Gasteiger charge is -2.50. The minimum Gasteiger partial charge on any atom is -0.458 e. The number of carbonyl (C=O) groups excluding carboxylic acids is 2. The maximum atomic E-state index is 14.6. The van der Waals surface area contributed by atoms with Gasteiger partial charge in [-0.05, 0) is 82.0 Å². The molecule has 5 N–H and O–H groups in total. The van der Waals surface area contributed by atoms with Crippen molar-refractivity contribution in [2.24, 2.45) is 28.6 Å². The number of aromatic nitrogens is 2. The summed E-state index contributed by atoms with van der Waals surface area (Å²) in [6.07, 6.45) is 1.34. The molecule has 5 rings (SSSR count). The molecule has 4 aromatic rings. The fourth-order valence-corrected chi connectivity index (χ4v) is 8.99. The number of nitrogens with one attached hydrogen (secondary N) is 3. The van der Waals surface area contributed by atoms with Crippen LogP contribution in [-0.4, -0.2) is 35.8 Å². The van der Waals surface area contributed by atoms with E-state index in [1.54, 1.807) is 42.5 Å². The van der Waals surface area contributed by atoms with Gasteiger partial charge in [-0.1, -0.05) is 90.4 Å². The number of hydrogen-bond donors (Lipinski definition) is 4. The van der Waals surface area contributed by atoms with Gasteiger partial charge in [-0.2, -0.15) is 8.42 Å². The molecule has 1 fully saturated rings. The lowest BCUT2D eigenvalue weighted by molar-refractivity contribution is -0.0922. The first-order valence-electron chi connectivity index (χ1n) is 16.3. The third-order valence-electron chi connectivity index (χ3n) is 9.44. The molecule has 0 bridgehead atoms. The Bertz CT molecular complexity index is 2080. The first kappa shape index (κ1) is 37.7. The van der Waals surface area contributed by atoms with Crippen molar-refractivity contribution in [3.8, 4) is 11.1 Å². The number of para-hydroxylation sites is 1. The maximum absolute atomic E-state index is 14.6. The fourth-order valence-electron chi connectivity index (χ4n) is 6.98. The minimum atomic E-state index is -4.45. The first-order valence-corrected chi connectivity index (χ1v) is 19.3. The number of nitrogens with two attached hydrogens (primary N) is 1. The fraction of sp³-hybridized carbons (Fsp3) is 0.417. The molecule has 1 amide bonds. The Labute approximate surface area is 311 Å². The summed E-state index contributed by atoms with van der Waals surface area (Å²) < 4.78 is 37.8. The van der Waals surface area contributed by atoms with Crippen LogP contribution in [0.4, 0.5) is 11.5 Å². The number of H-pyrrole nitrogens is 1. The van der Waals surface area contributed by atoms with Gasteiger partial charge < -0.3 is 15.5 Å². The third-order valence-corrected chi connectivity index (χ3v) is 11.7. The molecular formula is C36H43ClIN5O6S. The molecule has 2 aromatic heterocycles. The summed E-state index contributed by atoms with van der Waals surface area (Å²) in [5.41, 5.74) is 5.60. The molecule has 0 spiro atoms. The average Bonchev–Trinajstić information content (AvgIpc) is 3.28. The maximum Gasteiger partial charge on any atom is 0.342 e. The number of nitrogen functional groups attached to an aromatic ring is 1. The zero-order valence-electron chi connectivity index (χ0n) is 29.1. The Kier molecular flexibility index (Phi) is 10.5. The van der Waals surface area contributed by atoms with Crippen molar-refractivity contribution >= 4 is 73.4 Å². The van der Waals surface area contributed by atoms with Crippen LogP contribution in [0.25, 0.3) is 16.8 Å². The molecule has 2 aromatic carbocycles. The number of aromatic amines is 1. The van der Waals surface area contributed by atoms with Gasteiger partial charge in [0, 0.05) is 22.4 Å². The summed E-state index contributed by atoms with van der Waals surface area (Å²) in [5, 5.41) is 0.471. The number of carbonyl (C=O) groups is 2. The van der Waals surface area contributed by atoms with E-state index < -0.39 is 45.1 Å². The number of hydrogen-bond acceptors (Lipinski definition) is 7. The normalized spacial score (nSPS) is 20.0. The highest BCUT2D eigenvalue weighted by Gasteiger charge is 2.48. The van der Waals surface area contributed by atoms with Crippen LogP contribution in [0, 0.1) is 32.3 Å². The highest BCUT2D eigenvalue weighted by atomic mass is 127. The average molecular weight is 836 g/mol. The summed E-state index contributed by atoms with van der Waals surface area (Å²) in [6, 6.07) is 14.7. The second kappa shape index (κ2) is 13.9. The summed E-state index contributed by atoms with van der Waals surface area (Å²) in [5.74, 6) is -1.79. The molecule has 2 atom stereocenters. The second-order valence-electron chi connectivity index (χ2n) is 15.2. The van der Waals surface area contributed by atoms with Crippen LogP contribution in [0.2, 0.25) is 5.02 Å². The SMILES string of the molecule is CC1CC(C(C)(C)C)C(OC(=O)c2c(-c3ccc(Cl)cc3)c(I)n3c(=O)c(C(=O)NS(=O)(=O)Nc4ccccc4)c(N)[nH]c23)C(C(C)(C)C)C1. The van der Waals surface area contributed by atoms with Crippen molar-refractivity contribution < 1.29 is 22.7 Å². The number of benzene rings is 2. The Morgan fingerprint density at radius 1 is 0.960 bits per heavy atom. The molecule has 1 aliphatic carbocycles. The lowest BCUT2D eigenvalue weighted by Crippen LogP contribution is -2.49. The monoisotopic (exact) mass is 835 g/mol. The number of rotatable bonds is 7. The van der Waals surface area contributed by atoms with E-state index in [0.29, 0.717) is 22.1 Å². The van der Waals surface area contributed by atoms with Crippen LogP contribution < -0.4 is 20.7 Å². The van der Waals surface area contributed by atoms with Crippen LogP contribution in [0.1, 0.15) is 82.0 Å². The van der Waals surface area contributed by atoms with E-state index in [4.69, 9.17) is 22.1 Å². The van der Waals surface area contributed by atoms with Crippen LogP contribution in [0.3, 0.4) is 0 Å². The lowest BCUT2D eigenvalue weighted by atomic mass is 9.59. The number of halogens is 2. The summed E-state index contributed by atoms with van der Waals surface area (Å²) in [6.45, 7) is 15.2. The van der Waals surface area contributed by atoms with Crippen molar-refractivity contribution in [3.63, 3.8) is 0 Å². The van der Waals surface area contributed by atoms with Crippen LogP contribution >= 0.6 is 34.2 Å². The van der Waals surface area contributed by atoms with Gasteiger partial charge in [0.15, 0.2) is 0 Å². The highest BCUT2D eigenvalue weighted by molar-refractivity contribution is 14.1. The van der Waals surface area contributed by atoms with Gasteiger partial charge >= 0.3 is 16.2 Å². The van der Waals surface area contributed by atoms with E-state index in [1.165, 1.54) is 12.1 Å². The number of nitrogens with zero attached hydrogens (tertiary/aromatic N) is 1. The summed E-state index contributed by atoms with van der Waals surface area (Å²) in [4.78, 5) is 45.0. The third kappa shape index (κ3) is 7.69. The van der Waals surface area contributed by atoms with Gasteiger partial charge in [0.1, 0.15) is 28.7 Å². The van der Waals surface area contributed by atoms with Crippen molar-refractivity contribution in [1.29, 1.82) is 0 Å². The molecule has 0 aliphatic heterocycles. The van der Waals surface area contributed by atoms with Crippen molar-refractivity contribution in [2.75, 3.05) is 10.5 Å². The van der Waals surface area contributed by atoms with Crippen molar-refractivity contribution in [3.05, 3.63) is 84.8 Å². The predicted molar refractivity (Wildman–Crippen MR) is 206 cm³/mol. The van der Waals surface area contributed by atoms with E-state index in [0.717, 1.165) is 17.2 Å². The summed E-state index contributed by atoms with van der Waals surface area (Å²) >= 11 is 8.15. The molecule has 2 heterocycles. The van der Waals surface area contributed by atoms with Crippen LogP contribution in [-0.2, 0) is 14.9 Å².